The summed E-state index contributed by atoms with van der Waals surface area (Å²) in [5.41, 5.74) is 2.02. The summed E-state index contributed by atoms with van der Waals surface area (Å²) < 4.78 is 0. The topological polar surface area (TPSA) is 35.6 Å². The Kier molecular flexibility index (Phi) is 5.21. The van der Waals surface area contributed by atoms with E-state index in [1.807, 2.05) is 35.2 Å². The molecule has 2 aromatic carbocycles. The third-order valence-corrected chi connectivity index (χ3v) is 5.53. The summed E-state index contributed by atoms with van der Waals surface area (Å²) in [6.45, 7) is 5.12. The Labute approximate surface area is 155 Å². The van der Waals surface area contributed by atoms with E-state index in [1.54, 1.807) is 0 Å². The van der Waals surface area contributed by atoms with Gasteiger partial charge in [-0.3, -0.25) is 4.79 Å². The number of carbonyl (C=O) groups is 1. The number of likely N-dealkylation sites (tertiary alicyclic amines) is 2. The minimum Gasteiger partial charge on any atom is -0.381 e. The van der Waals surface area contributed by atoms with E-state index in [0.717, 1.165) is 44.7 Å². The minimum atomic E-state index is 0.179. The van der Waals surface area contributed by atoms with Gasteiger partial charge in [-0.05, 0) is 43.0 Å². The SMILES string of the molecule is O=C(c1ccccc1)N1CC[C@H](CN2CC[C@@H](Nc3ccccc3)C2)C1. The van der Waals surface area contributed by atoms with Gasteiger partial charge in [0.05, 0.1) is 0 Å². The highest BCUT2D eigenvalue weighted by molar-refractivity contribution is 5.94. The molecule has 0 radical (unpaired) electrons. The van der Waals surface area contributed by atoms with Crippen molar-refractivity contribution in [3.05, 3.63) is 66.2 Å². The van der Waals surface area contributed by atoms with Gasteiger partial charge in [-0.2, -0.15) is 0 Å². The Morgan fingerprint density at radius 1 is 0.923 bits per heavy atom. The van der Waals surface area contributed by atoms with Crippen molar-refractivity contribution in [1.29, 1.82) is 0 Å². The maximum absolute atomic E-state index is 12.6. The fourth-order valence-electron chi connectivity index (χ4n) is 4.18. The van der Waals surface area contributed by atoms with Gasteiger partial charge in [-0.1, -0.05) is 36.4 Å². The lowest BCUT2D eigenvalue weighted by atomic mass is 10.1. The highest BCUT2D eigenvalue weighted by Gasteiger charge is 2.30. The maximum atomic E-state index is 12.6. The van der Waals surface area contributed by atoms with Gasteiger partial charge in [0.25, 0.3) is 5.91 Å². The molecule has 4 heteroatoms. The summed E-state index contributed by atoms with van der Waals surface area (Å²) in [4.78, 5) is 17.2. The lowest BCUT2D eigenvalue weighted by molar-refractivity contribution is 0.0784. The van der Waals surface area contributed by atoms with Crippen molar-refractivity contribution in [2.24, 2.45) is 5.92 Å². The molecule has 2 atom stereocenters. The molecule has 0 aliphatic carbocycles. The smallest absolute Gasteiger partial charge is 0.253 e. The van der Waals surface area contributed by atoms with Crippen molar-refractivity contribution in [1.82, 2.24) is 9.80 Å². The summed E-state index contributed by atoms with van der Waals surface area (Å²) in [7, 11) is 0. The van der Waals surface area contributed by atoms with Crippen molar-refractivity contribution in [2.45, 2.75) is 18.9 Å². The summed E-state index contributed by atoms with van der Waals surface area (Å²) in [5.74, 6) is 0.774. The third-order valence-electron chi connectivity index (χ3n) is 5.53. The number of benzene rings is 2. The number of anilines is 1. The summed E-state index contributed by atoms with van der Waals surface area (Å²) in [5, 5.41) is 3.64. The van der Waals surface area contributed by atoms with E-state index in [9.17, 15) is 4.79 Å². The zero-order valence-electron chi connectivity index (χ0n) is 15.2. The van der Waals surface area contributed by atoms with Crippen molar-refractivity contribution in [3.63, 3.8) is 0 Å². The number of nitrogens with one attached hydrogen (secondary N) is 1. The molecule has 0 unspecified atom stereocenters. The second-order valence-electron chi connectivity index (χ2n) is 7.53. The predicted molar refractivity (Wildman–Crippen MR) is 105 cm³/mol. The molecule has 2 saturated heterocycles. The van der Waals surface area contributed by atoms with Gasteiger partial charge in [0.15, 0.2) is 0 Å². The van der Waals surface area contributed by atoms with Crippen LogP contribution in [0.3, 0.4) is 0 Å². The van der Waals surface area contributed by atoms with Crippen LogP contribution in [0, 0.1) is 5.92 Å². The number of nitrogens with zero attached hydrogens (tertiary/aromatic N) is 2. The first kappa shape index (κ1) is 17.1. The first-order chi connectivity index (χ1) is 12.8. The van der Waals surface area contributed by atoms with E-state index in [2.05, 4.69) is 40.5 Å². The summed E-state index contributed by atoms with van der Waals surface area (Å²) >= 11 is 0. The molecule has 4 rings (SSSR count). The van der Waals surface area contributed by atoms with Crippen molar-refractivity contribution >= 4 is 11.6 Å². The normalized spacial score (nSPS) is 23.3. The molecule has 4 nitrogen and oxygen atoms in total. The van der Waals surface area contributed by atoms with Crippen LogP contribution in [-0.4, -0.2) is 54.5 Å². The van der Waals surface area contributed by atoms with Gasteiger partial charge in [-0.25, -0.2) is 0 Å². The molecule has 2 aromatic rings. The Morgan fingerprint density at radius 2 is 1.65 bits per heavy atom. The van der Waals surface area contributed by atoms with E-state index in [-0.39, 0.29) is 5.91 Å². The zero-order chi connectivity index (χ0) is 17.8. The fourth-order valence-corrected chi connectivity index (χ4v) is 4.18. The number of hydrogen-bond donors (Lipinski definition) is 1. The number of amides is 1. The molecule has 2 aliphatic rings. The van der Waals surface area contributed by atoms with Crippen LogP contribution in [0.4, 0.5) is 5.69 Å². The van der Waals surface area contributed by atoms with Crippen LogP contribution >= 0.6 is 0 Å². The minimum absolute atomic E-state index is 0.179. The summed E-state index contributed by atoms with van der Waals surface area (Å²) in [6, 6.07) is 20.6. The van der Waals surface area contributed by atoms with Crippen LogP contribution in [0.15, 0.2) is 60.7 Å². The van der Waals surface area contributed by atoms with Gasteiger partial charge >= 0.3 is 0 Å². The van der Waals surface area contributed by atoms with Crippen molar-refractivity contribution < 1.29 is 4.79 Å². The first-order valence-electron chi connectivity index (χ1n) is 9.66. The van der Waals surface area contributed by atoms with Crippen molar-refractivity contribution in [2.75, 3.05) is 38.0 Å². The van der Waals surface area contributed by atoms with Crippen LogP contribution in [0.5, 0.6) is 0 Å². The number of carbonyl (C=O) groups excluding carboxylic acids is 1. The van der Waals surface area contributed by atoms with Crippen molar-refractivity contribution in [3.8, 4) is 0 Å². The summed E-state index contributed by atoms with van der Waals surface area (Å²) in [6.07, 6.45) is 2.31. The molecule has 0 spiro atoms. The third kappa shape index (κ3) is 4.07. The monoisotopic (exact) mass is 349 g/mol. The molecular formula is C22H27N3O. The average molecular weight is 349 g/mol. The van der Waals surface area contributed by atoms with Gasteiger partial charge in [-0.15, -0.1) is 0 Å². The standard InChI is InChI=1S/C22H27N3O/c26-22(19-7-3-1-4-8-19)25-14-11-18(16-25)15-24-13-12-21(17-24)23-20-9-5-2-6-10-20/h1-10,18,21,23H,11-17H2/t18-,21-/m1/s1. The number of para-hydroxylation sites is 1. The van der Waals surface area contributed by atoms with E-state index >= 15 is 0 Å². The Morgan fingerprint density at radius 3 is 2.42 bits per heavy atom. The van der Waals surface area contributed by atoms with Crippen LogP contribution in [0.2, 0.25) is 0 Å². The molecule has 26 heavy (non-hydrogen) atoms. The van der Waals surface area contributed by atoms with Crippen LogP contribution in [0.1, 0.15) is 23.2 Å². The molecule has 2 fully saturated rings. The van der Waals surface area contributed by atoms with Crippen LogP contribution in [0.25, 0.3) is 0 Å². The Bertz CT molecular complexity index is 719. The molecule has 0 saturated carbocycles. The molecule has 0 aromatic heterocycles. The highest BCUT2D eigenvalue weighted by atomic mass is 16.2. The molecule has 136 valence electrons. The van der Waals surface area contributed by atoms with E-state index in [1.165, 1.54) is 12.1 Å². The van der Waals surface area contributed by atoms with Crippen LogP contribution < -0.4 is 5.32 Å². The van der Waals surface area contributed by atoms with Gasteiger partial charge in [0.2, 0.25) is 0 Å². The molecule has 2 aliphatic heterocycles. The quantitative estimate of drug-likeness (QED) is 0.899. The molecule has 1 N–H and O–H groups in total. The first-order valence-corrected chi connectivity index (χ1v) is 9.66. The molecule has 2 heterocycles. The second-order valence-corrected chi connectivity index (χ2v) is 7.53. The highest BCUT2D eigenvalue weighted by Crippen LogP contribution is 2.23. The molecule has 0 bridgehead atoms. The largest absolute Gasteiger partial charge is 0.381 e. The van der Waals surface area contributed by atoms with Gasteiger partial charge < -0.3 is 15.1 Å². The predicted octanol–water partition coefficient (Wildman–Crippen LogP) is 3.34. The van der Waals surface area contributed by atoms with E-state index in [0.29, 0.717) is 12.0 Å². The number of rotatable bonds is 5. The molecule has 1 amide bonds. The van der Waals surface area contributed by atoms with Crippen LogP contribution in [-0.2, 0) is 0 Å². The van der Waals surface area contributed by atoms with E-state index < -0.39 is 0 Å². The Balaban J connectivity index is 1.25. The lowest BCUT2D eigenvalue weighted by Crippen LogP contribution is -2.33. The van der Waals surface area contributed by atoms with Gasteiger partial charge in [0.1, 0.15) is 0 Å². The second kappa shape index (κ2) is 7.92. The average Bonchev–Trinajstić information content (AvgIpc) is 3.33. The Hall–Kier alpha value is -2.33. The number of hydrogen-bond acceptors (Lipinski definition) is 3. The maximum Gasteiger partial charge on any atom is 0.253 e. The fraction of sp³-hybridized carbons (Fsp3) is 0.409. The lowest BCUT2D eigenvalue weighted by Gasteiger charge is -2.22. The van der Waals surface area contributed by atoms with Gasteiger partial charge in [0, 0.05) is 50.0 Å². The molecular weight excluding hydrogens is 322 g/mol. The zero-order valence-corrected chi connectivity index (χ0v) is 15.2. The van der Waals surface area contributed by atoms with E-state index in [4.69, 9.17) is 0 Å².